The molecule has 0 aliphatic carbocycles. The van der Waals surface area contributed by atoms with Gasteiger partial charge in [-0.1, -0.05) is 0 Å². The first-order chi connectivity index (χ1) is 15.2. The van der Waals surface area contributed by atoms with Gasteiger partial charge in [-0.05, 0) is 0 Å². The zero-order valence-electron chi connectivity index (χ0n) is 17.8. The maximum Gasteiger partial charge on any atom is 0.186 e. The van der Waals surface area contributed by atoms with E-state index in [1.165, 1.54) is 7.11 Å². The molecular weight excluding hydrogens is 436 g/mol. The van der Waals surface area contributed by atoms with Gasteiger partial charge in [-0.2, -0.15) is 0 Å². The molecule has 0 saturated carbocycles. The molecule has 13 nitrogen and oxygen atoms in total. The molecule has 3 heterocycles. The van der Waals surface area contributed by atoms with Crippen LogP contribution in [0.3, 0.4) is 0 Å². The summed E-state index contributed by atoms with van der Waals surface area (Å²) in [5, 5.41) is 69.5. The lowest BCUT2D eigenvalue weighted by Crippen LogP contribution is -2.54. The molecule has 32 heavy (non-hydrogen) atoms. The summed E-state index contributed by atoms with van der Waals surface area (Å²) >= 11 is 0. The molecule has 3 saturated heterocycles. The summed E-state index contributed by atoms with van der Waals surface area (Å²) in [5.74, 6) is 0. The van der Waals surface area contributed by atoms with Crippen molar-refractivity contribution in [3.05, 3.63) is 0 Å². The highest BCUT2D eigenvalue weighted by Gasteiger charge is 2.42. The minimum atomic E-state index is -1.56. The van der Waals surface area contributed by atoms with E-state index in [1.54, 1.807) is 0 Å². The van der Waals surface area contributed by atoms with Crippen molar-refractivity contribution in [3.63, 3.8) is 0 Å². The molecule has 7 N–H and O–H groups in total. The summed E-state index contributed by atoms with van der Waals surface area (Å²) in [4.78, 5) is 0. The quantitative estimate of drug-likeness (QED) is 0.182. The Morgan fingerprint density at radius 2 is 1.16 bits per heavy atom. The Balaban J connectivity index is 1.44. The van der Waals surface area contributed by atoms with Crippen LogP contribution in [0.1, 0.15) is 19.3 Å². The highest BCUT2D eigenvalue weighted by Crippen LogP contribution is 2.26. The first-order valence-electron chi connectivity index (χ1n) is 10.6. The molecule has 0 bridgehead atoms. The zero-order chi connectivity index (χ0) is 23.4. The minimum absolute atomic E-state index is 0.00803. The Kier molecular flexibility index (Phi) is 9.58. The van der Waals surface area contributed by atoms with Crippen LogP contribution >= 0.6 is 0 Å². The Morgan fingerprint density at radius 3 is 1.75 bits per heavy atom. The van der Waals surface area contributed by atoms with Crippen LogP contribution < -0.4 is 0 Å². The van der Waals surface area contributed by atoms with Crippen molar-refractivity contribution in [2.45, 2.75) is 93.1 Å². The monoisotopic (exact) mass is 470 g/mol. The number of aliphatic hydroxyl groups excluding tert-OH is 7. The van der Waals surface area contributed by atoms with E-state index in [9.17, 15) is 35.7 Å². The van der Waals surface area contributed by atoms with E-state index in [0.29, 0.717) is 0 Å². The van der Waals surface area contributed by atoms with Crippen LogP contribution in [0.2, 0.25) is 0 Å². The maximum atomic E-state index is 10.4. The van der Waals surface area contributed by atoms with Crippen LogP contribution in [-0.4, -0.2) is 136 Å². The zero-order valence-corrected chi connectivity index (χ0v) is 17.8. The van der Waals surface area contributed by atoms with Crippen molar-refractivity contribution in [1.29, 1.82) is 0 Å². The lowest BCUT2D eigenvalue weighted by atomic mass is 10.0. The van der Waals surface area contributed by atoms with Gasteiger partial charge in [0.05, 0.1) is 56.4 Å². The molecule has 3 aliphatic heterocycles. The molecule has 0 aromatic carbocycles. The van der Waals surface area contributed by atoms with E-state index in [2.05, 4.69) is 0 Å². The lowest BCUT2D eigenvalue weighted by molar-refractivity contribution is -0.305. The van der Waals surface area contributed by atoms with Crippen molar-refractivity contribution in [2.75, 3.05) is 26.9 Å². The average Bonchev–Trinajstić information content (AvgIpc) is 2.73. The van der Waals surface area contributed by atoms with Gasteiger partial charge in [-0.15, -0.1) is 0 Å². The van der Waals surface area contributed by atoms with Crippen LogP contribution in [0.25, 0.3) is 0 Å². The number of ether oxygens (including phenoxy) is 6. The first kappa shape index (κ1) is 26.1. The van der Waals surface area contributed by atoms with Gasteiger partial charge in [0.1, 0.15) is 18.3 Å². The second-order valence-electron chi connectivity index (χ2n) is 8.40. The molecule has 12 unspecified atom stereocenters. The summed E-state index contributed by atoms with van der Waals surface area (Å²) < 4.78 is 32.2. The van der Waals surface area contributed by atoms with E-state index < -0.39 is 73.8 Å². The molecule has 3 fully saturated rings. The van der Waals surface area contributed by atoms with Crippen LogP contribution in [0.5, 0.6) is 0 Å². The Labute approximate surface area is 185 Å². The van der Waals surface area contributed by atoms with Gasteiger partial charge < -0.3 is 64.2 Å². The van der Waals surface area contributed by atoms with Crippen LogP contribution in [0, 0.1) is 0 Å². The van der Waals surface area contributed by atoms with Gasteiger partial charge in [-0.25, -0.2) is 0 Å². The Bertz CT molecular complexity index is 543. The molecule has 13 heteroatoms. The van der Waals surface area contributed by atoms with Gasteiger partial charge in [-0.3, -0.25) is 0 Å². The normalized spacial score (nSPS) is 48.0. The molecule has 0 radical (unpaired) electrons. The summed E-state index contributed by atoms with van der Waals surface area (Å²) in [6.45, 7) is -0.0697. The fraction of sp³-hybridized carbons (Fsp3) is 1.00. The fourth-order valence-corrected chi connectivity index (χ4v) is 4.03. The first-order valence-corrected chi connectivity index (χ1v) is 10.6. The van der Waals surface area contributed by atoms with E-state index in [4.69, 9.17) is 28.4 Å². The van der Waals surface area contributed by atoms with Crippen molar-refractivity contribution in [3.8, 4) is 0 Å². The highest BCUT2D eigenvalue weighted by atomic mass is 16.7. The van der Waals surface area contributed by atoms with E-state index in [0.717, 1.165) is 0 Å². The Morgan fingerprint density at radius 1 is 0.625 bits per heavy atom. The van der Waals surface area contributed by atoms with Gasteiger partial charge in [0.25, 0.3) is 0 Å². The van der Waals surface area contributed by atoms with Crippen LogP contribution in [0.4, 0.5) is 0 Å². The second-order valence-corrected chi connectivity index (χ2v) is 8.40. The predicted molar refractivity (Wildman–Crippen MR) is 102 cm³/mol. The van der Waals surface area contributed by atoms with Crippen molar-refractivity contribution < 1.29 is 64.2 Å². The van der Waals surface area contributed by atoms with E-state index in [-0.39, 0.29) is 39.1 Å². The van der Waals surface area contributed by atoms with Crippen LogP contribution in [0.15, 0.2) is 0 Å². The molecule has 0 spiro atoms. The minimum Gasteiger partial charge on any atom is -0.390 e. The van der Waals surface area contributed by atoms with Crippen molar-refractivity contribution in [2.24, 2.45) is 0 Å². The van der Waals surface area contributed by atoms with Crippen molar-refractivity contribution in [1.82, 2.24) is 0 Å². The number of hydrogen-bond acceptors (Lipinski definition) is 13. The third-order valence-electron chi connectivity index (χ3n) is 5.80. The lowest BCUT2D eigenvalue weighted by Gasteiger charge is -2.40. The molecule has 3 rings (SSSR count). The molecular formula is C19H34O13. The van der Waals surface area contributed by atoms with Gasteiger partial charge in [0.15, 0.2) is 18.9 Å². The SMILES string of the molecule is COCC1CC(O)C(O)C(OCC2CC(O)C(OCC3CC(O)C(O)C(O)O3)C(O)O2)O1. The maximum absolute atomic E-state index is 10.4. The largest absolute Gasteiger partial charge is 0.390 e. The molecule has 0 amide bonds. The fourth-order valence-electron chi connectivity index (χ4n) is 4.03. The van der Waals surface area contributed by atoms with Crippen molar-refractivity contribution >= 4 is 0 Å². The summed E-state index contributed by atoms with van der Waals surface area (Å²) in [7, 11) is 1.49. The predicted octanol–water partition coefficient (Wildman–Crippen LogP) is -3.83. The third-order valence-corrected chi connectivity index (χ3v) is 5.80. The van der Waals surface area contributed by atoms with Gasteiger partial charge in [0.2, 0.25) is 0 Å². The standard InChI is InChI=1S/C19H34O13/c1-27-5-8-2-12(21)15(24)19(32-8)29-7-10-4-13(22)16(18(26)31-10)28-6-9-3-11(20)14(23)17(25)30-9/h8-26H,2-7H2,1H3. The molecule has 0 aromatic heterocycles. The topological polar surface area (TPSA) is 197 Å². The highest BCUT2D eigenvalue weighted by molar-refractivity contribution is 4.85. The second kappa shape index (κ2) is 11.8. The summed E-state index contributed by atoms with van der Waals surface area (Å²) in [5.41, 5.74) is 0. The van der Waals surface area contributed by atoms with E-state index in [1.807, 2.05) is 0 Å². The smallest absolute Gasteiger partial charge is 0.186 e. The Hall–Kier alpha value is -0.520. The molecule has 188 valence electrons. The third kappa shape index (κ3) is 6.54. The molecule has 12 atom stereocenters. The average molecular weight is 470 g/mol. The molecule has 0 aromatic rings. The van der Waals surface area contributed by atoms with Gasteiger partial charge >= 0.3 is 0 Å². The number of rotatable bonds is 8. The van der Waals surface area contributed by atoms with Crippen LogP contribution in [-0.2, 0) is 28.4 Å². The van der Waals surface area contributed by atoms with E-state index >= 15 is 0 Å². The van der Waals surface area contributed by atoms with Gasteiger partial charge in [0, 0.05) is 26.4 Å². The summed E-state index contributed by atoms with van der Waals surface area (Å²) in [6.07, 6.45) is -13.0. The summed E-state index contributed by atoms with van der Waals surface area (Å²) in [6, 6.07) is 0. The number of aliphatic hydroxyl groups is 7. The number of methoxy groups -OCH3 is 1. The number of hydrogen-bond donors (Lipinski definition) is 7. The molecule has 3 aliphatic rings.